The Morgan fingerprint density at radius 3 is 2.70 bits per heavy atom. The van der Waals surface area contributed by atoms with Gasteiger partial charge in [0, 0.05) is 35.0 Å². The lowest BCUT2D eigenvalue weighted by Gasteiger charge is -2.52. The molecular formula is C17H29N3O2S. The van der Waals surface area contributed by atoms with Crippen molar-refractivity contribution in [1.82, 2.24) is 15.6 Å². The molecule has 23 heavy (non-hydrogen) atoms. The molecule has 0 bridgehead atoms. The Bertz CT molecular complexity index is 542. The van der Waals surface area contributed by atoms with Crippen LogP contribution in [0.1, 0.15) is 56.8 Å². The fourth-order valence-corrected chi connectivity index (χ4v) is 3.66. The van der Waals surface area contributed by atoms with Gasteiger partial charge in [-0.2, -0.15) is 0 Å². The molecule has 6 heteroatoms. The van der Waals surface area contributed by atoms with Crippen molar-refractivity contribution >= 4 is 17.4 Å². The van der Waals surface area contributed by atoms with Gasteiger partial charge in [0.15, 0.2) is 0 Å². The van der Waals surface area contributed by atoms with Crippen molar-refractivity contribution in [3.63, 3.8) is 0 Å². The van der Waals surface area contributed by atoms with E-state index in [1.807, 2.05) is 27.0 Å². The summed E-state index contributed by atoms with van der Waals surface area (Å²) in [4.78, 5) is 17.7. The molecule has 5 nitrogen and oxygen atoms in total. The van der Waals surface area contributed by atoms with Gasteiger partial charge in [-0.05, 0) is 27.2 Å². The minimum Gasteiger partial charge on any atom is -0.375 e. The average Bonchev–Trinajstić information content (AvgIpc) is 2.90. The lowest BCUT2D eigenvalue weighted by molar-refractivity contribution is -0.135. The monoisotopic (exact) mass is 339 g/mol. The van der Waals surface area contributed by atoms with Gasteiger partial charge >= 0.3 is 6.03 Å². The van der Waals surface area contributed by atoms with Crippen LogP contribution < -0.4 is 10.6 Å². The summed E-state index contributed by atoms with van der Waals surface area (Å²) in [5, 5.41) is 7.10. The molecule has 130 valence electrons. The summed E-state index contributed by atoms with van der Waals surface area (Å²) < 4.78 is 5.89. The third kappa shape index (κ3) is 4.44. The Morgan fingerprint density at radius 1 is 1.48 bits per heavy atom. The molecule has 0 aromatic carbocycles. The first-order chi connectivity index (χ1) is 10.7. The molecular weight excluding hydrogens is 310 g/mol. The highest BCUT2D eigenvalue weighted by molar-refractivity contribution is 7.11. The normalized spacial score (nSPS) is 24.1. The number of urea groups is 1. The minimum atomic E-state index is -0.105. The zero-order valence-corrected chi connectivity index (χ0v) is 15.8. The number of thiazole rings is 1. The van der Waals surface area contributed by atoms with Crippen LogP contribution >= 0.6 is 11.3 Å². The molecule has 2 rings (SSSR count). The Kier molecular flexibility index (Phi) is 5.68. The molecule has 0 aliphatic heterocycles. The number of aryl methyl sites for hydroxylation is 1. The number of nitrogens with one attached hydrogen (secondary N) is 2. The molecule has 1 aromatic rings. The van der Waals surface area contributed by atoms with Gasteiger partial charge in [0.05, 0.1) is 17.2 Å². The van der Waals surface area contributed by atoms with Crippen molar-refractivity contribution in [2.45, 2.75) is 72.1 Å². The van der Waals surface area contributed by atoms with Gasteiger partial charge in [-0.3, -0.25) is 0 Å². The Balaban J connectivity index is 1.75. The van der Waals surface area contributed by atoms with E-state index in [2.05, 4.69) is 36.4 Å². The zero-order valence-electron chi connectivity index (χ0n) is 15.0. The number of amides is 2. The van der Waals surface area contributed by atoms with E-state index < -0.39 is 0 Å². The van der Waals surface area contributed by atoms with Crippen molar-refractivity contribution < 1.29 is 9.53 Å². The molecule has 1 heterocycles. The first kappa shape index (κ1) is 18.2. The minimum absolute atomic E-state index is 0.0281. The largest absolute Gasteiger partial charge is 0.375 e. The highest BCUT2D eigenvalue weighted by Gasteiger charge is 2.50. The first-order valence-corrected chi connectivity index (χ1v) is 9.14. The maximum absolute atomic E-state index is 12.1. The number of rotatable bonds is 6. The second-order valence-electron chi connectivity index (χ2n) is 7.35. The van der Waals surface area contributed by atoms with Crippen molar-refractivity contribution in [2.75, 3.05) is 6.54 Å². The van der Waals surface area contributed by atoms with Crippen LogP contribution in [0.3, 0.4) is 0 Å². The second kappa shape index (κ2) is 7.18. The third-order valence-electron chi connectivity index (χ3n) is 4.55. The molecule has 1 aromatic heterocycles. The van der Waals surface area contributed by atoms with Crippen LogP contribution in [0.5, 0.6) is 0 Å². The summed E-state index contributed by atoms with van der Waals surface area (Å²) in [7, 11) is 0. The fourth-order valence-electron chi connectivity index (χ4n) is 2.83. The molecule has 1 fully saturated rings. The molecule has 1 saturated carbocycles. The molecule has 1 aliphatic carbocycles. The summed E-state index contributed by atoms with van der Waals surface area (Å²) in [5.41, 5.74) is -0.0281. The van der Waals surface area contributed by atoms with Gasteiger partial charge in [0.25, 0.3) is 0 Å². The van der Waals surface area contributed by atoms with E-state index in [0.29, 0.717) is 6.54 Å². The van der Waals surface area contributed by atoms with Crippen LogP contribution in [0.25, 0.3) is 0 Å². The maximum atomic E-state index is 12.1. The number of aromatic nitrogens is 1. The van der Waals surface area contributed by atoms with Crippen LogP contribution in [-0.2, 0) is 4.74 Å². The Hall–Kier alpha value is -1.14. The molecule has 3 unspecified atom stereocenters. The van der Waals surface area contributed by atoms with Gasteiger partial charge in [-0.15, -0.1) is 11.3 Å². The Morgan fingerprint density at radius 2 is 2.17 bits per heavy atom. The highest BCUT2D eigenvalue weighted by atomic mass is 32.1. The molecule has 3 atom stereocenters. The molecule has 1 aliphatic rings. The van der Waals surface area contributed by atoms with Crippen LogP contribution in [0.2, 0.25) is 0 Å². The first-order valence-electron chi connectivity index (χ1n) is 8.32. The van der Waals surface area contributed by atoms with E-state index in [1.54, 1.807) is 11.3 Å². The number of carbonyl (C=O) groups is 1. The number of nitrogens with zero attached hydrogens (tertiary/aromatic N) is 1. The molecule has 0 spiro atoms. The van der Waals surface area contributed by atoms with Crippen LogP contribution in [0.15, 0.2) is 6.20 Å². The van der Waals surface area contributed by atoms with Gasteiger partial charge in [0.1, 0.15) is 0 Å². The lowest BCUT2D eigenvalue weighted by atomic mass is 9.64. The van der Waals surface area contributed by atoms with Crippen molar-refractivity contribution in [3.8, 4) is 0 Å². The smallest absolute Gasteiger partial charge is 0.315 e. The number of hydrogen-bond donors (Lipinski definition) is 2. The van der Waals surface area contributed by atoms with E-state index in [9.17, 15) is 4.79 Å². The average molecular weight is 340 g/mol. The van der Waals surface area contributed by atoms with Gasteiger partial charge < -0.3 is 15.4 Å². The number of ether oxygens (including phenoxy) is 1. The molecule has 0 saturated heterocycles. The summed E-state index contributed by atoms with van der Waals surface area (Å²) in [6, 6.07) is 0.0508. The molecule has 2 N–H and O–H groups in total. The van der Waals surface area contributed by atoms with Crippen molar-refractivity contribution in [1.29, 1.82) is 0 Å². The molecule has 2 amide bonds. The van der Waals surface area contributed by atoms with Gasteiger partial charge in [-0.1, -0.05) is 20.8 Å². The quantitative estimate of drug-likeness (QED) is 0.834. The van der Waals surface area contributed by atoms with E-state index in [0.717, 1.165) is 11.4 Å². The van der Waals surface area contributed by atoms with E-state index in [1.165, 1.54) is 4.88 Å². The zero-order chi connectivity index (χ0) is 17.2. The molecule has 0 radical (unpaired) electrons. The summed E-state index contributed by atoms with van der Waals surface area (Å²) in [6.07, 6.45) is 3.18. The van der Waals surface area contributed by atoms with E-state index in [-0.39, 0.29) is 35.6 Å². The van der Waals surface area contributed by atoms with Crippen LogP contribution in [0.4, 0.5) is 4.79 Å². The SMILES string of the molecule is Cc1cnc(C(C)CNC(=O)NC2CC(OC(C)C)C2(C)C)s1. The van der Waals surface area contributed by atoms with Crippen molar-refractivity contribution in [2.24, 2.45) is 5.41 Å². The standard InChI is InChI=1S/C17H29N3O2S/c1-10(2)22-14-7-13(17(14,5)6)20-16(21)19-8-11(3)15-18-9-12(4)23-15/h9-11,13-14H,7-8H2,1-6H3,(H2,19,20,21). The number of hydrogen-bond acceptors (Lipinski definition) is 4. The van der Waals surface area contributed by atoms with Crippen LogP contribution in [-0.4, -0.2) is 35.8 Å². The summed E-state index contributed by atoms with van der Waals surface area (Å²) in [6.45, 7) is 13.1. The third-order valence-corrected chi connectivity index (χ3v) is 5.69. The predicted octanol–water partition coefficient (Wildman–Crippen LogP) is 3.45. The van der Waals surface area contributed by atoms with Gasteiger partial charge in [-0.25, -0.2) is 9.78 Å². The van der Waals surface area contributed by atoms with E-state index in [4.69, 9.17) is 4.74 Å². The summed E-state index contributed by atoms with van der Waals surface area (Å²) >= 11 is 1.68. The highest BCUT2D eigenvalue weighted by Crippen LogP contribution is 2.43. The maximum Gasteiger partial charge on any atom is 0.315 e. The second-order valence-corrected chi connectivity index (χ2v) is 8.61. The van der Waals surface area contributed by atoms with Crippen LogP contribution in [0, 0.1) is 12.3 Å². The van der Waals surface area contributed by atoms with Gasteiger partial charge in [0.2, 0.25) is 0 Å². The Labute approximate surface area is 143 Å². The summed E-state index contributed by atoms with van der Waals surface area (Å²) in [5.74, 6) is 0.228. The topological polar surface area (TPSA) is 63.2 Å². The van der Waals surface area contributed by atoms with Crippen molar-refractivity contribution in [3.05, 3.63) is 16.1 Å². The fraction of sp³-hybridized carbons (Fsp3) is 0.765. The van der Waals surface area contributed by atoms with E-state index >= 15 is 0 Å². The lowest BCUT2D eigenvalue weighted by Crippen LogP contribution is -2.63. The number of carbonyl (C=O) groups excluding carboxylic acids is 1. The predicted molar refractivity (Wildman–Crippen MR) is 94.0 cm³/mol.